The number of aromatic nitrogens is 3. The van der Waals surface area contributed by atoms with Crippen LogP contribution in [-0.4, -0.2) is 27.6 Å². The van der Waals surface area contributed by atoms with Gasteiger partial charge in [0.2, 0.25) is 11.4 Å². The van der Waals surface area contributed by atoms with Crippen molar-refractivity contribution in [1.29, 1.82) is 0 Å². The molecule has 2 aromatic rings. The molecule has 2 aromatic heterocycles. The van der Waals surface area contributed by atoms with Crippen LogP contribution in [0.15, 0.2) is 27.6 Å². The molecule has 0 aliphatic rings. The van der Waals surface area contributed by atoms with Gasteiger partial charge in [0, 0.05) is 37.7 Å². The van der Waals surface area contributed by atoms with Gasteiger partial charge in [-0.3, -0.25) is 9.59 Å². The molecule has 0 bridgehead atoms. The first-order valence-corrected chi connectivity index (χ1v) is 5.41. The quantitative estimate of drug-likeness (QED) is 0.795. The Bertz CT molecular complexity index is 602. The van der Waals surface area contributed by atoms with E-state index in [1.54, 1.807) is 6.92 Å². The fourth-order valence-corrected chi connectivity index (χ4v) is 1.42. The molecule has 2 rings (SSSR count). The summed E-state index contributed by atoms with van der Waals surface area (Å²) in [5.41, 5.74) is 0.0134. The number of H-pyrrole nitrogens is 1. The Morgan fingerprint density at radius 3 is 3.06 bits per heavy atom. The molecule has 1 amide bonds. The Kier molecular flexibility index (Phi) is 3.52. The molecule has 18 heavy (non-hydrogen) atoms. The predicted molar refractivity (Wildman–Crippen MR) is 62.1 cm³/mol. The van der Waals surface area contributed by atoms with Crippen LogP contribution in [0.5, 0.6) is 0 Å². The molecule has 0 fully saturated rings. The largest absolute Gasteiger partial charge is 0.352 e. The molecule has 2 N–H and O–H groups in total. The van der Waals surface area contributed by atoms with Gasteiger partial charge in [-0.25, -0.2) is 0 Å². The van der Waals surface area contributed by atoms with Crippen LogP contribution >= 0.6 is 0 Å². The average Bonchev–Trinajstić information content (AvgIpc) is 2.75. The smallest absolute Gasteiger partial charge is 0.251 e. The Morgan fingerprint density at radius 2 is 2.39 bits per heavy atom. The van der Waals surface area contributed by atoms with Crippen LogP contribution in [0, 0.1) is 6.92 Å². The van der Waals surface area contributed by atoms with Gasteiger partial charge in [-0.05, 0) is 6.07 Å². The van der Waals surface area contributed by atoms with Crippen LogP contribution in [-0.2, 0) is 6.42 Å². The first-order valence-electron chi connectivity index (χ1n) is 5.41. The highest BCUT2D eigenvalue weighted by Crippen LogP contribution is 1.96. The Morgan fingerprint density at radius 1 is 1.56 bits per heavy atom. The summed E-state index contributed by atoms with van der Waals surface area (Å²) < 4.78 is 4.80. The van der Waals surface area contributed by atoms with E-state index in [4.69, 9.17) is 4.52 Å². The molecule has 0 aromatic carbocycles. The Balaban J connectivity index is 1.87. The van der Waals surface area contributed by atoms with Gasteiger partial charge in [0.05, 0.1) is 0 Å². The molecular formula is C11H12N4O3. The minimum atomic E-state index is -0.309. The molecular weight excluding hydrogens is 236 g/mol. The molecule has 0 radical (unpaired) electrons. The van der Waals surface area contributed by atoms with Crippen LogP contribution in [0.25, 0.3) is 0 Å². The molecule has 2 heterocycles. The van der Waals surface area contributed by atoms with Crippen molar-refractivity contribution in [2.45, 2.75) is 13.3 Å². The molecule has 0 spiro atoms. The molecule has 0 saturated carbocycles. The number of aromatic amines is 1. The zero-order valence-electron chi connectivity index (χ0n) is 9.77. The van der Waals surface area contributed by atoms with Crippen LogP contribution < -0.4 is 10.9 Å². The topological polar surface area (TPSA) is 101 Å². The lowest BCUT2D eigenvalue weighted by atomic mass is 10.2. The highest BCUT2D eigenvalue weighted by molar-refractivity contribution is 5.93. The zero-order chi connectivity index (χ0) is 13.0. The number of rotatable bonds is 4. The summed E-state index contributed by atoms with van der Waals surface area (Å²) >= 11 is 0. The number of carbonyl (C=O) groups excluding carboxylic acids is 1. The summed E-state index contributed by atoms with van der Waals surface area (Å²) in [6.45, 7) is 2.08. The van der Waals surface area contributed by atoms with Gasteiger partial charge in [-0.1, -0.05) is 5.16 Å². The van der Waals surface area contributed by atoms with Crippen LogP contribution in [0.1, 0.15) is 22.1 Å². The summed E-state index contributed by atoms with van der Waals surface area (Å²) in [6.07, 6.45) is 1.91. The number of hydrogen-bond acceptors (Lipinski definition) is 5. The van der Waals surface area contributed by atoms with Crippen LogP contribution in [0.2, 0.25) is 0 Å². The van der Waals surface area contributed by atoms with Gasteiger partial charge in [-0.15, -0.1) is 0 Å². The molecule has 0 atom stereocenters. The second-order valence-corrected chi connectivity index (χ2v) is 3.68. The van der Waals surface area contributed by atoms with E-state index in [-0.39, 0.29) is 11.5 Å². The van der Waals surface area contributed by atoms with E-state index in [2.05, 4.69) is 20.4 Å². The minimum absolute atomic E-state index is 0.304. The van der Waals surface area contributed by atoms with Crippen molar-refractivity contribution in [3.05, 3.63) is 46.0 Å². The van der Waals surface area contributed by atoms with Crippen molar-refractivity contribution >= 4 is 5.91 Å². The second-order valence-electron chi connectivity index (χ2n) is 3.68. The van der Waals surface area contributed by atoms with Crippen molar-refractivity contribution in [1.82, 2.24) is 20.4 Å². The maximum Gasteiger partial charge on any atom is 0.251 e. The number of nitrogens with one attached hydrogen (secondary N) is 2. The third-order valence-electron chi connectivity index (χ3n) is 2.24. The predicted octanol–water partition coefficient (Wildman–Crippen LogP) is 0.0388. The van der Waals surface area contributed by atoms with Gasteiger partial charge in [0.25, 0.3) is 5.91 Å². The number of aryl methyl sites for hydroxylation is 1. The average molecular weight is 248 g/mol. The maximum atomic E-state index is 11.7. The molecule has 94 valence electrons. The van der Waals surface area contributed by atoms with E-state index in [0.717, 1.165) is 0 Å². The molecule has 0 saturated heterocycles. The third-order valence-corrected chi connectivity index (χ3v) is 2.24. The monoisotopic (exact) mass is 248 g/mol. The first kappa shape index (κ1) is 12.0. The normalized spacial score (nSPS) is 10.3. The lowest BCUT2D eigenvalue weighted by Crippen LogP contribution is -2.27. The van der Waals surface area contributed by atoms with E-state index in [0.29, 0.717) is 30.2 Å². The van der Waals surface area contributed by atoms with Crippen molar-refractivity contribution in [3.63, 3.8) is 0 Å². The van der Waals surface area contributed by atoms with Gasteiger partial charge in [0.1, 0.15) is 0 Å². The Hall–Kier alpha value is -2.44. The highest BCUT2D eigenvalue weighted by Gasteiger charge is 2.06. The summed E-state index contributed by atoms with van der Waals surface area (Å²) in [5, 5.41) is 6.38. The summed E-state index contributed by atoms with van der Waals surface area (Å²) in [5.74, 6) is 0.728. The molecule has 7 nitrogen and oxygen atoms in total. The van der Waals surface area contributed by atoms with Gasteiger partial charge in [-0.2, -0.15) is 4.98 Å². The van der Waals surface area contributed by atoms with Crippen molar-refractivity contribution in [3.8, 4) is 0 Å². The van der Waals surface area contributed by atoms with Crippen molar-refractivity contribution in [2.24, 2.45) is 0 Å². The van der Waals surface area contributed by atoms with E-state index in [1.807, 2.05) is 0 Å². The molecule has 0 unspecified atom stereocenters. The van der Waals surface area contributed by atoms with Gasteiger partial charge in [0.15, 0.2) is 5.82 Å². The number of nitrogens with zero attached hydrogens (tertiary/aromatic N) is 2. The maximum absolute atomic E-state index is 11.7. The lowest BCUT2D eigenvalue weighted by molar-refractivity contribution is 0.0953. The molecule has 7 heteroatoms. The molecule has 0 aliphatic heterocycles. The third kappa shape index (κ3) is 3.03. The standard InChI is InChI=1S/C11H12N4O3/c1-7-14-9(15-18-7)3-5-13-11(17)8-2-4-12-10(16)6-8/h2,4,6H,3,5H2,1H3,(H,12,16)(H,13,17). The summed E-state index contributed by atoms with van der Waals surface area (Å²) in [4.78, 5) is 29.1. The number of amides is 1. The first-order chi connectivity index (χ1) is 8.65. The fraction of sp³-hybridized carbons (Fsp3) is 0.273. The SMILES string of the molecule is Cc1nc(CCNC(=O)c2cc[nH]c(=O)c2)no1. The summed E-state index contributed by atoms with van der Waals surface area (Å²) in [6, 6.07) is 2.78. The van der Waals surface area contributed by atoms with Crippen molar-refractivity contribution < 1.29 is 9.32 Å². The number of hydrogen-bond donors (Lipinski definition) is 2. The zero-order valence-corrected chi connectivity index (χ0v) is 9.77. The van der Waals surface area contributed by atoms with Crippen LogP contribution in [0.3, 0.4) is 0 Å². The van der Waals surface area contributed by atoms with Crippen molar-refractivity contribution in [2.75, 3.05) is 6.54 Å². The van der Waals surface area contributed by atoms with E-state index < -0.39 is 0 Å². The van der Waals surface area contributed by atoms with E-state index in [9.17, 15) is 9.59 Å². The molecule has 0 aliphatic carbocycles. The number of carbonyl (C=O) groups is 1. The van der Waals surface area contributed by atoms with Gasteiger partial charge < -0.3 is 14.8 Å². The number of pyridine rings is 1. The van der Waals surface area contributed by atoms with Gasteiger partial charge >= 0.3 is 0 Å². The Labute approximate surface area is 102 Å². The highest BCUT2D eigenvalue weighted by atomic mass is 16.5. The van der Waals surface area contributed by atoms with E-state index >= 15 is 0 Å². The van der Waals surface area contributed by atoms with E-state index in [1.165, 1.54) is 18.3 Å². The van der Waals surface area contributed by atoms with Crippen LogP contribution in [0.4, 0.5) is 0 Å². The minimum Gasteiger partial charge on any atom is -0.352 e. The second kappa shape index (κ2) is 5.26. The fourth-order valence-electron chi connectivity index (χ4n) is 1.42. The lowest BCUT2D eigenvalue weighted by Gasteiger charge is -2.02. The summed E-state index contributed by atoms with van der Waals surface area (Å²) in [7, 11) is 0.